The van der Waals surface area contributed by atoms with E-state index in [1.54, 1.807) is 43.5 Å². The van der Waals surface area contributed by atoms with E-state index in [-0.39, 0.29) is 6.61 Å². The Labute approximate surface area is 173 Å². The average Bonchev–Trinajstić information content (AvgIpc) is 3.14. The van der Waals surface area contributed by atoms with Crippen LogP contribution in [0.3, 0.4) is 0 Å². The minimum Gasteiger partial charge on any atom is -0.465 e. The van der Waals surface area contributed by atoms with E-state index in [0.717, 1.165) is 5.56 Å². The number of methoxy groups -OCH3 is 1. The molecule has 0 saturated carbocycles. The van der Waals surface area contributed by atoms with Crippen LogP contribution in [0.4, 0.5) is 0 Å². The second-order valence-electron chi connectivity index (χ2n) is 6.87. The summed E-state index contributed by atoms with van der Waals surface area (Å²) in [5, 5.41) is 12.6. The number of aromatic nitrogens is 1. The molecule has 156 valence electrons. The van der Waals surface area contributed by atoms with Crippen molar-refractivity contribution in [3.05, 3.63) is 81.0 Å². The summed E-state index contributed by atoms with van der Waals surface area (Å²) in [4.78, 5) is 39.0. The van der Waals surface area contributed by atoms with Gasteiger partial charge in [-0.3, -0.25) is 10.1 Å². The van der Waals surface area contributed by atoms with Crippen LogP contribution in [0.1, 0.15) is 39.9 Å². The molecule has 3 aromatic rings. The average molecular weight is 410 g/mol. The summed E-state index contributed by atoms with van der Waals surface area (Å²) in [5.41, 5.74) is 3.09. The monoisotopic (exact) mass is 410 g/mol. The molecule has 8 nitrogen and oxygen atoms in total. The van der Waals surface area contributed by atoms with Gasteiger partial charge in [0, 0.05) is 22.0 Å². The maximum absolute atomic E-state index is 12.6. The lowest BCUT2D eigenvalue weighted by atomic mass is 9.84. The number of carbonyl (C=O) groups is 2. The lowest BCUT2D eigenvalue weighted by Crippen LogP contribution is -2.37. The van der Waals surface area contributed by atoms with Crippen LogP contribution in [0, 0.1) is 17.0 Å². The van der Waals surface area contributed by atoms with Crippen LogP contribution in [-0.4, -0.2) is 41.6 Å². The van der Waals surface area contributed by atoms with E-state index >= 15 is 0 Å². The summed E-state index contributed by atoms with van der Waals surface area (Å²) >= 11 is 0. The van der Waals surface area contributed by atoms with Gasteiger partial charge in [0.25, 0.3) is 0 Å². The zero-order valence-corrected chi connectivity index (χ0v) is 16.9. The molecule has 0 aliphatic heterocycles. The Balaban J connectivity index is 2.24. The van der Waals surface area contributed by atoms with Gasteiger partial charge < -0.3 is 14.5 Å². The van der Waals surface area contributed by atoms with Crippen molar-refractivity contribution in [1.29, 1.82) is 0 Å². The lowest BCUT2D eigenvalue weighted by molar-refractivity contribution is -0.513. The van der Waals surface area contributed by atoms with Crippen LogP contribution in [0.15, 0.2) is 48.7 Å². The molecule has 3 rings (SSSR count). The van der Waals surface area contributed by atoms with Gasteiger partial charge in [-0.25, -0.2) is 9.59 Å². The van der Waals surface area contributed by atoms with Crippen LogP contribution in [0.2, 0.25) is 0 Å². The minimum atomic E-state index is -1.64. The van der Waals surface area contributed by atoms with Crippen molar-refractivity contribution in [2.45, 2.75) is 25.8 Å². The molecule has 1 heterocycles. The van der Waals surface area contributed by atoms with E-state index in [1.807, 2.05) is 19.1 Å². The molecule has 1 N–H and O–H groups in total. The van der Waals surface area contributed by atoms with Gasteiger partial charge in [0.2, 0.25) is 0 Å². The van der Waals surface area contributed by atoms with Gasteiger partial charge in [0.1, 0.15) is 0 Å². The molecule has 1 aromatic heterocycles. The molecule has 0 amide bonds. The number of hydrogen-bond acceptors (Lipinski definition) is 6. The molecule has 0 radical (unpaired) electrons. The van der Waals surface area contributed by atoms with E-state index in [4.69, 9.17) is 9.47 Å². The minimum absolute atomic E-state index is 0.0319. The molecule has 0 fully saturated rings. The molecular weight excluding hydrogens is 388 g/mol. The smallest absolute Gasteiger partial charge is 0.382 e. The SMILES string of the molecule is CCOC(=O)[C@@H](C(c1ccc(C)cc1)c1c[nH]c2ccc(C(=O)OC)cc12)[N+](=O)[O-]. The van der Waals surface area contributed by atoms with Crippen molar-refractivity contribution in [1.82, 2.24) is 4.98 Å². The van der Waals surface area contributed by atoms with Gasteiger partial charge in [-0.2, -0.15) is 0 Å². The Morgan fingerprint density at radius 1 is 1.17 bits per heavy atom. The Hall–Kier alpha value is -3.68. The third-order valence-electron chi connectivity index (χ3n) is 4.98. The largest absolute Gasteiger partial charge is 0.465 e. The number of aromatic amines is 1. The van der Waals surface area contributed by atoms with Gasteiger partial charge in [-0.1, -0.05) is 29.8 Å². The summed E-state index contributed by atoms with van der Waals surface area (Å²) in [7, 11) is 1.28. The highest BCUT2D eigenvalue weighted by atomic mass is 16.6. The van der Waals surface area contributed by atoms with Crippen molar-refractivity contribution in [2.24, 2.45) is 0 Å². The molecule has 8 heteroatoms. The molecule has 0 saturated heterocycles. The Kier molecular flexibility index (Phi) is 6.15. The fourth-order valence-corrected chi connectivity index (χ4v) is 3.52. The van der Waals surface area contributed by atoms with E-state index in [1.165, 1.54) is 7.11 Å². The summed E-state index contributed by atoms with van der Waals surface area (Å²) in [6, 6.07) is 10.5. The second-order valence-corrected chi connectivity index (χ2v) is 6.87. The normalized spacial score (nSPS) is 12.9. The number of benzene rings is 2. The molecule has 1 unspecified atom stereocenters. The Morgan fingerprint density at radius 2 is 1.87 bits per heavy atom. The van der Waals surface area contributed by atoms with Crippen molar-refractivity contribution in [2.75, 3.05) is 13.7 Å². The van der Waals surface area contributed by atoms with Gasteiger partial charge in [-0.05, 0) is 43.2 Å². The molecule has 0 aliphatic rings. The van der Waals surface area contributed by atoms with Crippen molar-refractivity contribution in [3.63, 3.8) is 0 Å². The fraction of sp³-hybridized carbons (Fsp3) is 0.273. The van der Waals surface area contributed by atoms with Crippen LogP contribution >= 0.6 is 0 Å². The number of ether oxygens (including phenoxy) is 2. The van der Waals surface area contributed by atoms with E-state index in [0.29, 0.717) is 27.6 Å². The van der Waals surface area contributed by atoms with Crippen LogP contribution in [-0.2, 0) is 14.3 Å². The van der Waals surface area contributed by atoms with E-state index in [9.17, 15) is 19.7 Å². The number of nitro groups is 1. The predicted octanol–water partition coefficient (Wildman–Crippen LogP) is 3.60. The van der Waals surface area contributed by atoms with Crippen LogP contribution < -0.4 is 0 Å². The standard InChI is InChI=1S/C22H22N2O6/c1-4-30-22(26)20(24(27)28)19(14-7-5-13(2)6-8-14)17-12-23-18-10-9-15(11-16(17)18)21(25)29-3/h5-12,19-20,23H,4H2,1-3H3/t19?,20-/m1/s1. The number of rotatable bonds is 7. The highest BCUT2D eigenvalue weighted by molar-refractivity contribution is 5.96. The highest BCUT2D eigenvalue weighted by Crippen LogP contribution is 2.35. The molecule has 0 spiro atoms. The van der Waals surface area contributed by atoms with Crippen LogP contribution in [0.25, 0.3) is 10.9 Å². The quantitative estimate of drug-likeness (QED) is 0.362. The van der Waals surface area contributed by atoms with Gasteiger partial charge in [-0.15, -0.1) is 0 Å². The van der Waals surface area contributed by atoms with E-state index < -0.39 is 28.8 Å². The first-order valence-electron chi connectivity index (χ1n) is 9.43. The fourth-order valence-electron chi connectivity index (χ4n) is 3.52. The number of carbonyl (C=O) groups excluding carboxylic acids is 2. The summed E-state index contributed by atoms with van der Waals surface area (Å²) in [6.07, 6.45) is 1.63. The summed E-state index contributed by atoms with van der Waals surface area (Å²) < 4.78 is 9.80. The molecule has 30 heavy (non-hydrogen) atoms. The zero-order valence-electron chi connectivity index (χ0n) is 16.9. The Morgan fingerprint density at radius 3 is 2.47 bits per heavy atom. The number of aryl methyl sites for hydroxylation is 1. The number of nitrogens with zero attached hydrogens (tertiary/aromatic N) is 1. The van der Waals surface area contributed by atoms with Crippen molar-refractivity contribution < 1.29 is 24.0 Å². The number of esters is 2. The van der Waals surface area contributed by atoms with E-state index in [2.05, 4.69) is 4.98 Å². The maximum Gasteiger partial charge on any atom is 0.382 e. The van der Waals surface area contributed by atoms with Crippen LogP contribution in [0.5, 0.6) is 0 Å². The lowest BCUT2D eigenvalue weighted by Gasteiger charge is -2.20. The first-order chi connectivity index (χ1) is 14.4. The topological polar surface area (TPSA) is 112 Å². The number of fused-ring (bicyclic) bond motifs is 1. The maximum atomic E-state index is 12.6. The molecule has 0 bridgehead atoms. The Bertz CT molecular complexity index is 1090. The molecule has 2 aromatic carbocycles. The van der Waals surface area contributed by atoms with Gasteiger partial charge >= 0.3 is 18.0 Å². The van der Waals surface area contributed by atoms with Gasteiger partial charge in [0.05, 0.1) is 25.2 Å². The zero-order chi connectivity index (χ0) is 21.8. The molecule has 2 atom stereocenters. The summed E-state index contributed by atoms with van der Waals surface area (Å²) in [5.74, 6) is -2.35. The second kappa shape index (κ2) is 8.77. The first kappa shape index (κ1) is 21.0. The summed E-state index contributed by atoms with van der Waals surface area (Å²) in [6.45, 7) is 3.54. The molecule has 0 aliphatic carbocycles. The van der Waals surface area contributed by atoms with Crippen molar-refractivity contribution >= 4 is 22.8 Å². The third-order valence-corrected chi connectivity index (χ3v) is 4.98. The first-order valence-corrected chi connectivity index (χ1v) is 9.43. The van der Waals surface area contributed by atoms with Gasteiger partial charge in [0.15, 0.2) is 0 Å². The number of H-pyrrole nitrogens is 1. The number of hydrogen-bond donors (Lipinski definition) is 1. The highest BCUT2D eigenvalue weighted by Gasteiger charge is 2.43. The number of nitrogens with one attached hydrogen (secondary N) is 1. The predicted molar refractivity (Wildman–Crippen MR) is 110 cm³/mol. The third kappa shape index (κ3) is 4.03. The molecular formula is C22H22N2O6. The van der Waals surface area contributed by atoms with Crippen molar-refractivity contribution in [3.8, 4) is 0 Å².